The van der Waals surface area contributed by atoms with Gasteiger partial charge in [-0.1, -0.05) is 12.7 Å². The van der Waals surface area contributed by atoms with E-state index < -0.39 is 0 Å². The number of amides is 1. The Balaban J connectivity index is 2.26. The molecule has 0 atom stereocenters. The van der Waals surface area contributed by atoms with Crippen LogP contribution in [-0.4, -0.2) is 25.7 Å². The van der Waals surface area contributed by atoms with Crippen molar-refractivity contribution in [1.29, 1.82) is 0 Å². The minimum atomic E-state index is -0.138. The van der Waals surface area contributed by atoms with E-state index in [2.05, 4.69) is 18.0 Å². The zero-order chi connectivity index (χ0) is 8.81. The van der Waals surface area contributed by atoms with Crippen LogP contribution in [0, 0.1) is 0 Å². The predicted octanol–water partition coefficient (Wildman–Crippen LogP) is 0.635. The molecular weight excluding hydrogens is 154 g/mol. The second kappa shape index (κ2) is 4.72. The highest BCUT2D eigenvalue weighted by atomic mass is 16.5. The lowest BCUT2D eigenvalue weighted by Gasteiger charge is -2.13. The molecule has 0 radical (unpaired) electrons. The van der Waals surface area contributed by atoms with Crippen molar-refractivity contribution < 1.29 is 9.53 Å². The molecule has 0 fully saturated rings. The zero-order valence-corrected chi connectivity index (χ0v) is 7.01. The molecule has 0 bridgehead atoms. The van der Waals surface area contributed by atoms with Crippen LogP contribution >= 0.6 is 0 Å². The summed E-state index contributed by atoms with van der Waals surface area (Å²) in [5.74, 6) is -0.138. The van der Waals surface area contributed by atoms with E-state index in [1.54, 1.807) is 0 Å². The monoisotopic (exact) mass is 167 g/mol. The van der Waals surface area contributed by atoms with E-state index in [1.807, 2.05) is 0 Å². The van der Waals surface area contributed by atoms with Crippen molar-refractivity contribution in [3.05, 3.63) is 24.3 Å². The van der Waals surface area contributed by atoms with Gasteiger partial charge in [0.2, 0.25) is 5.91 Å². The quantitative estimate of drug-likeness (QED) is 0.494. The van der Waals surface area contributed by atoms with Crippen molar-refractivity contribution in [2.45, 2.75) is 6.42 Å². The predicted molar refractivity (Wildman–Crippen MR) is 46.7 cm³/mol. The molecule has 1 aliphatic rings. The fraction of sp³-hybridized carbons (Fsp3) is 0.444. The molecule has 0 aliphatic carbocycles. The lowest BCUT2D eigenvalue weighted by molar-refractivity contribution is -0.116. The molecule has 1 N–H and O–H groups in total. The molecule has 1 rings (SSSR count). The maximum Gasteiger partial charge on any atom is 0.243 e. The van der Waals surface area contributed by atoms with Crippen LogP contribution in [0.5, 0.6) is 0 Å². The third-order valence-corrected chi connectivity index (χ3v) is 1.66. The summed E-state index contributed by atoms with van der Waals surface area (Å²) in [6.07, 6.45) is 4.32. The van der Waals surface area contributed by atoms with Gasteiger partial charge >= 0.3 is 0 Å². The molecule has 12 heavy (non-hydrogen) atoms. The van der Waals surface area contributed by atoms with E-state index in [4.69, 9.17) is 4.74 Å². The Labute approximate surface area is 72.1 Å². The van der Waals surface area contributed by atoms with Gasteiger partial charge in [-0.2, -0.15) is 0 Å². The summed E-state index contributed by atoms with van der Waals surface area (Å²) < 4.78 is 5.20. The van der Waals surface area contributed by atoms with Crippen LogP contribution < -0.4 is 5.32 Å². The second-order valence-electron chi connectivity index (χ2n) is 2.63. The highest BCUT2D eigenvalue weighted by Crippen LogP contribution is 2.03. The molecule has 0 aromatic carbocycles. The van der Waals surface area contributed by atoms with Gasteiger partial charge in [0.05, 0.1) is 13.2 Å². The Morgan fingerprint density at radius 2 is 2.67 bits per heavy atom. The van der Waals surface area contributed by atoms with Gasteiger partial charge in [-0.05, 0) is 18.1 Å². The Morgan fingerprint density at radius 3 is 3.25 bits per heavy atom. The van der Waals surface area contributed by atoms with E-state index >= 15 is 0 Å². The molecule has 1 amide bonds. The van der Waals surface area contributed by atoms with E-state index in [0.29, 0.717) is 13.2 Å². The van der Waals surface area contributed by atoms with Crippen molar-refractivity contribution in [2.24, 2.45) is 0 Å². The fourth-order valence-corrected chi connectivity index (χ4v) is 1.00. The lowest BCUT2D eigenvalue weighted by Crippen LogP contribution is -2.25. The summed E-state index contributed by atoms with van der Waals surface area (Å²) in [5, 5.41) is 2.70. The Morgan fingerprint density at radius 1 is 1.83 bits per heavy atom. The molecule has 0 spiro atoms. The number of ether oxygens (including phenoxy) is 1. The second-order valence-corrected chi connectivity index (χ2v) is 2.63. The summed E-state index contributed by atoms with van der Waals surface area (Å²) in [5.41, 5.74) is 1.14. The normalized spacial score (nSPS) is 16.5. The molecule has 1 aliphatic heterocycles. The van der Waals surface area contributed by atoms with Crippen LogP contribution in [-0.2, 0) is 9.53 Å². The molecule has 0 aromatic rings. The van der Waals surface area contributed by atoms with Crippen molar-refractivity contribution in [3.63, 3.8) is 0 Å². The average molecular weight is 167 g/mol. The summed E-state index contributed by atoms with van der Waals surface area (Å²) >= 11 is 0. The van der Waals surface area contributed by atoms with Gasteiger partial charge in [-0.25, -0.2) is 0 Å². The van der Waals surface area contributed by atoms with Gasteiger partial charge in [-0.15, -0.1) is 0 Å². The first kappa shape index (κ1) is 9.00. The first-order chi connectivity index (χ1) is 5.83. The third-order valence-electron chi connectivity index (χ3n) is 1.66. The zero-order valence-electron chi connectivity index (χ0n) is 7.01. The average Bonchev–Trinajstić information content (AvgIpc) is 2.16. The lowest BCUT2D eigenvalue weighted by atomic mass is 10.2. The molecule has 1 heterocycles. The van der Waals surface area contributed by atoms with Crippen LogP contribution in [0.3, 0.4) is 0 Å². The molecule has 0 aromatic heterocycles. The fourth-order valence-electron chi connectivity index (χ4n) is 1.00. The Hall–Kier alpha value is -1.09. The van der Waals surface area contributed by atoms with Crippen LogP contribution in [0.25, 0.3) is 0 Å². The summed E-state index contributed by atoms with van der Waals surface area (Å²) in [4.78, 5) is 10.8. The van der Waals surface area contributed by atoms with E-state index in [1.165, 1.54) is 6.08 Å². The first-order valence-electron chi connectivity index (χ1n) is 3.99. The summed E-state index contributed by atoms with van der Waals surface area (Å²) in [7, 11) is 0. The maximum absolute atomic E-state index is 10.8. The van der Waals surface area contributed by atoms with E-state index in [-0.39, 0.29) is 5.91 Å². The van der Waals surface area contributed by atoms with Gasteiger partial charge in [0.25, 0.3) is 0 Å². The molecule has 3 nitrogen and oxygen atoms in total. The number of rotatable bonds is 3. The van der Waals surface area contributed by atoms with Crippen LogP contribution in [0.2, 0.25) is 0 Å². The largest absolute Gasteiger partial charge is 0.377 e. The smallest absolute Gasteiger partial charge is 0.243 e. The molecule has 0 unspecified atom stereocenters. The Kier molecular flexibility index (Phi) is 3.54. The topological polar surface area (TPSA) is 38.3 Å². The number of carbonyl (C=O) groups excluding carboxylic acids is 1. The van der Waals surface area contributed by atoms with E-state index in [0.717, 1.165) is 18.6 Å². The number of hydrogen-bond acceptors (Lipinski definition) is 2. The Bertz CT molecular complexity index is 209. The number of nitrogens with one attached hydrogen (secondary N) is 1. The number of carbonyl (C=O) groups is 1. The minimum absolute atomic E-state index is 0.138. The number of hydrogen-bond donors (Lipinski definition) is 1. The van der Waals surface area contributed by atoms with Crippen LogP contribution in [0.15, 0.2) is 24.3 Å². The van der Waals surface area contributed by atoms with Crippen molar-refractivity contribution in [2.75, 3.05) is 19.8 Å². The summed E-state index contributed by atoms with van der Waals surface area (Å²) in [6, 6.07) is 0. The van der Waals surface area contributed by atoms with Gasteiger partial charge in [0, 0.05) is 6.54 Å². The standard InChI is InChI=1S/C9H13NO2/c1-2-9(11)10-6-8-4-3-5-12-7-8/h2,4H,1,3,5-7H2,(H,10,11). The summed E-state index contributed by atoms with van der Waals surface area (Å²) in [6.45, 7) is 5.36. The van der Waals surface area contributed by atoms with Crippen LogP contribution in [0.4, 0.5) is 0 Å². The van der Waals surface area contributed by atoms with Gasteiger partial charge in [0.15, 0.2) is 0 Å². The van der Waals surface area contributed by atoms with Gasteiger partial charge in [-0.3, -0.25) is 4.79 Å². The molecule has 0 saturated heterocycles. The van der Waals surface area contributed by atoms with Crippen molar-refractivity contribution in [1.82, 2.24) is 5.32 Å². The highest BCUT2D eigenvalue weighted by molar-refractivity contribution is 5.86. The van der Waals surface area contributed by atoms with Crippen molar-refractivity contribution in [3.8, 4) is 0 Å². The third kappa shape index (κ3) is 2.88. The van der Waals surface area contributed by atoms with E-state index in [9.17, 15) is 4.79 Å². The van der Waals surface area contributed by atoms with Gasteiger partial charge < -0.3 is 10.1 Å². The maximum atomic E-state index is 10.8. The molecular formula is C9H13NO2. The minimum Gasteiger partial charge on any atom is -0.377 e. The molecule has 3 heteroatoms. The van der Waals surface area contributed by atoms with Crippen molar-refractivity contribution >= 4 is 5.91 Å². The SMILES string of the molecule is C=CC(=O)NCC1=CCCOC1. The molecule has 0 saturated carbocycles. The van der Waals surface area contributed by atoms with Crippen LogP contribution in [0.1, 0.15) is 6.42 Å². The first-order valence-corrected chi connectivity index (χ1v) is 3.99. The molecule has 66 valence electrons. The highest BCUT2D eigenvalue weighted by Gasteiger charge is 2.03. The van der Waals surface area contributed by atoms with Gasteiger partial charge in [0.1, 0.15) is 0 Å².